The summed E-state index contributed by atoms with van der Waals surface area (Å²) in [6, 6.07) is 8.66. The van der Waals surface area contributed by atoms with Crippen LogP contribution in [0.4, 0.5) is 0 Å². The third-order valence-electron chi connectivity index (χ3n) is 5.25. The number of β-amino-alcohol motifs (C(OH)–C–C–N with tert-alkyl or cyclic N) is 1. The number of carbonyl (C=O) groups excluding carboxylic acids is 2. The number of methoxy groups -OCH3 is 4. The molecule has 0 aromatic heterocycles. The number of rotatable bonds is 8. The summed E-state index contributed by atoms with van der Waals surface area (Å²) in [5.41, 5.74) is 0.676. The predicted octanol–water partition coefficient (Wildman–Crippen LogP) is 2.14. The van der Waals surface area contributed by atoms with E-state index in [2.05, 4.69) is 0 Å². The molecule has 1 unspecified atom stereocenters. The lowest BCUT2D eigenvalue weighted by Gasteiger charge is -2.26. The number of carbonyl (C=O) groups is 2. The molecule has 0 spiro atoms. The highest BCUT2D eigenvalue weighted by molar-refractivity contribution is 6.46. The zero-order chi connectivity index (χ0) is 23.4. The van der Waals surface area contributed by atoms with Crippen molar-refractivity contribution in [1.29, 1.82) is 0 Å². The maximum Gasteiger partial charge on any atom is 0.295 e. The first-order chi connectivity index (χ1) is 15.4. The molecule has 1 saturated heterocycles. The molecule has 0 aliphatic carbocycles. The molecule has 9 nitrogen and oxygen atoms in total. The summed E-state index contributed by atoms with van der Waals surface area (Å²) in [4.78, 5) is 26.9. The Hall–Kier alpha value is -3.72. The zero-order valence-corrected chi connectivity index (χ0v) is 18.2. The van der Waals surface area contributed by atoms with Crippen LogP contribution in [0, 0.1) is 0 Å². The lowest BCUT2D eigenvalue weighted by Crippen LogP contribution is -2.32. The molecule has 1 atom stereocenters. The van der Waals surface area contributed by atoms with Crippen LogP contribution in [0.25, 0.3) is 5.76 Å². The van der Waals surface area contributed by atoms with Gasteiger partial charge in [0.05, 0.1) is 46.7 Å². The van der Waals surface area contributed by atoms with Crippen molar-refractivity contribution in [3.8, 4) is 23.0 Å². The fourth-order valence-electron chi connectivity index (χ4n) is 3.73. The maximum absolute atomic E-state index is 12.9. The number of nitrogens with zero attached hydrogens (tertiary/aromatic N) is 1. The Morgan fingerprint density at radius 3 is 2.00 bits per heavy atom. The Balaban J connectivity index is 2.24. The molecular weight excluding hydrogens is 418 g/mol. The van der Waals surface area contributed by atoms with Crippen LogP contribution < -0.4 is 18.9 Å². The smallest absolute Gasteiger partial charge is 0.295 e. The first kappa shape index (κ1) is 23.0. The van der Waals surface area contributed by atoms with E-state index in [1.165, 1.54) is 33.3 Å². The van der Waals surface area contributed by atoms with Crippen LogP contribution in [0.2, 0.25) is 0 Å². The third-order valence-corrected chi connectivity index (χ3v) is 5.25. The SMILES string of the molecule is COc1ccc(/C(O)=C2\C(=O)C(=O)N(CCO)C2c2cc(OC)c(OC)c(OC)c2)cc1. The van der Waals surface area contributed by atoms with E-state index in [0.29, 0.717) is 34.1 Å². The van der Waals surface area contributed by atoms with Crippen molar-refractivity contribution >= 4 is 17.4 Å². The van der Waals surface area contributed by atoms with Gasteiger partial charge in [0.2, 0.25) is 5.75 Å². The molecule has 0 saturated carbocycles. The molecule has 0 bridgehead atoms. The van der Waals surface area contributed by atoms with E-state index < -0.39 is 17.7 Å². The Morgan fingerprint density at radius 2 is 1.53 bits per heavy atom. The number of likely N-dealkylation sites (tertiary alicyclic amines) is 1. The Morgan fingerprint density at radius 1 is 0.938 bits per heavy atom. The maximum atomic E-state index is 12.9. The lowest BCUT2D eigenvalue weighted by atomic mass is 9.94. The number of amides is 1. The van der Waals surface area contributed by atoms with Gasteiger partial charge in [0.25, 0.3) is 11.7 Å². The minimum Gasteiger partial charge on any atom is -0.507 e. The first-order valence-corrected chi connectivity index (χ1v) is 9.75. The number of ketones is 1. The van der Waals surface area contributed by atoms with Gasteiger partial charge in [-0.3, -0.25) is 9.59 Å². The number of Topliss-reactive ketones (excluding diaryl/α,β-unsaturated/α-hetero) is 1. The van der Waals surface area contributed by atoms with Crippen molar-refractivity contribution in [2.45, 2.75) is 6.04 Å². The van der Waals surface area contributed by atoms with Crippen LogP contribution in [0.5, 0.6) is 23.0 Å². The number of hydrogen-bond acceptors (Lipinski definition) is 8. The average Bonchev–Trinajstić information content (AvgIpc) is 3.07. The molecule has 9 heteroatoms. The number of aliphatic hydroxyl groups is 2. The highest BCUT2D eigenvalue weighted by Gasteiger charge is 2.46. The second kappa shape index (κ2) is 9.61. The molecule has 0 radical (unpaired) electrons. The molecule has 2 aromatic carbocycles. The van der Waals surface area contributed by atoms with Gasteiger partial charge in [-0.1, -0.05) is 0 Å². The monoisotopic (exact) mass is 443 g/mol. The van der Waals surface area contributed by atoms with Gasteiger partial charge in [-0.25, -0.2) is 0 Å². The van der Waals surface area contributed by atoms with Gasteiger partial charge in [-0.15, -0.1) is 0 Å². The molecule has 1 heterocycles. The largest absolute Gasteiger partial charge is 0.507 e. The van der Waals surface area contributed by atoms with Gasteiger partial charge >= 0.3 is 0 Å². The number of benzene rings is 2. The van der Waals surface area contributed by atoms with Crippen LogP contribution in [-0.4, -0.2) is 68.4 Å². The highest BCUT2D eigenvalue weighted by atomic mass is 16.5. The molecule has 1 fully saturated rings. The Labute approximate surface area is 185 Å². The normalized spacial score (nSPS) is 17.4. The molecule has 3 rings (SSSR count). The minimum atomic E-state index is -0.974. The summed E-state index contributed by atoms with van der Waals surface area (Å²) in [6.45, 7) is -0.470. The molecule has 2 aromatic rings. The third kappa shape index (κ3) is 3.94. The number of aliphatic hydroxyl groups excluding tert-OH is 2. The molecule has 1 aliphatic rings. The fourth-order valence-corrected chi connectivity index (χ4v) is 3.73. The summed E-state index contributed by atoms with van der Waals surface area (Å²) in [6.07, 6.45) is 0. The molecule has 2 N–H and O–H groups in total. The summed E-state index contributed by atoms with van der Waals surface area (Å²) in [5.74, 6) is -0.471. The molecule has 170 valence electrons. The molecular formula is C23H25NO8. The standard InChI is InChI=1S/C23H25NO8/c1-29-15-7-5-13(6-8-15)20(26)18-19(24(9-10-25)23(28)21(18)27)14-11-16(30-2)22(32-4)17(12-14)31-3/h5-8,11-12,19,25-26H,9-10H2,1-4H3/b20-18+. The molecule has 32 heavy (non-hydrogen) atoms. The van der Waals surface area contributed by atoms with Crippen molar-refractivity contribution in [3.63, 3.8) is 0 Å². The predicted molar refractivity (Wildman–Crippen MR) is 115 cm³/mol. The van der Waals surface area contributed by atoms with Crippen LogP contribution >= 0.6 is 0 Å². The number of ether oxygens (including phenoxy) is 4. The van der Waals surface area contributed by atoms with Crippen LogP contribution in [0.3, 0.4) is 0 Å². The van der Waals surface area contributed by atoms with Gasteiger partial charge in [-0.2, -0.15) is 0 Å². The minimum absolute atomic E-state index is 0.106. The summed E-state index contributed by atoms with van der Waals surface area (Å²) in [5, 5.41) is 20.5. The van der Waals surface area contributed by atoms with E-state index in [-0.39, 0.29) is 24.5 Å². The zero-order valence-electron chi connectivity index (χ0n) is 18.2. The van der Waals surface area contributed by atoms with Crippen molar-refractivity contribution in [2.24, 2.45) is 0 Å². The highest BCUT2D eigenvalue weighted by Crippen LogP contribution is 2.45. The average molecular weight is 443 g/mol. The Kier molecular flexibility index (Phi) is 6.89. The quantitative estimate of drug-likeness (QED) is 0.362. The summed E-state index contributed by atoms with van der Waals surface area (Å²) >= 11 is 0. The van der Waals surface area contributed by atoms with E-state index in [9.17, 15) is 19.8 Å². The van der Waals surface area contributed by atoms with Gasteiger partial charge in [-0.05, 0) is 42.0 Å². The van der Waals surface area contributed by atoms with E-state index in [1.54, 1.807) is 36.4 Å². The molecule has 1 amide bonds. The van der Waals surface area contributed by atoms with Gasteiger partial charge < -0.3 is 34.1 Å². The van der Waals surface area contributed by atoms with Crippen LogP contribution in [-0.2, 0) is 9.59 Å². The summed E-state index contributed by atoms with van der Waals surface area (Å²) < 4.78 is 21.3. The van der Waals surface area contributed by atoms with E-state index in [1.807, 2.05) is 0 Å². The van der Waals surface area contributed by atoms with Crippen molar-refractivity contribution in [1.82, 2.24) is 4.90 Å². The summed E-state index contributed by atoms with van der Waals surface area (Å²) in [7, 11) is 5.87. The first-order valence-electron chi connectivity index (χ1n) is 9.75. The topological polar surface area (TPSA) is 115 Å². The van der Waals surface area contributed by atoms with Gasteiger partial charge in [0.1, 0.15) is 11.5 Å². The van der Waals surface area contributed by atoms with Gasteiger partial charge in [0.15, 0.2) is 11.5 Å². The van der Waals surface area contributed by atoms with Crippen molar-refractivity contribution in [2.75, 3.05) is 41.6 Å². The Bertz CT molecular complexity index is 1020. The van der Waals surface area contributed by atoms with Crippen LogP contribution in [0.15, 0.2) is 42.0 Å². The number of hydrogen-bond donors (Lipinski definition) is 2. The van der Waals surface area contributed by atoms with E-state index >= 15 is 0 Å². The second-order valence-corrected chi connectivity index (χ2v) is 6.90. The van der Waals surface area contributed by atoms with Crippen molar-refractivity contribution < 1.29 is 38.7 Å². The van der Waals surface area contributed by atoms with Gasteiger partial charge in [0, 0.05) is 12.1 Å². The van der Waals surface area contributed by atoms with E-state index in [4.69, 9.17) is 18.9 Å². The van der Waals surface area contributed by atoms with E-state index in [0.717, 1.165) is 0 Å². The lowest BCUT2D eigenvalue weighted by molar-refractivity contribution is -0.140. The fraction of sp³-hybridized carbons (Fsp3) is 0.304. The molecule has 1 aliphatic heterocycles. The second-order valence-electron chi connectivity index (χ2n) is 6.90. The van der Waals surface area contributed by atoms with Crippen molar-refractivity contribution in [3.05, 3.63) is 53.1 Å². The van der Waals surface area contributed by atoms with Crippen LogP contribution in [0.1, 0.15) is 17.2 Å².